The van der Waals surface area contributed by atoms with Gasteiger partial charge in [-0.1, -0.05) is 40.5 Å². The molecule has 94 valence electrons. The zero-order chi connectivity index (χ0) is 12.7. The van der Waals surface area contributed by atoms with E-state index in [4.69, 9.17) is 11.6 Å². The van der Waals surface area contributed by atoms with Gasteiger partial charge < -0.3 is 5.32 Å². The molecule has 0 aliphatic heterocycles. The fraction of sp³-hybridized carbons (Fsp3) is 0.429. The first-order valence-corrected chi connectivity index (χ1v) is 7.15. The summed E-state index contributed by atoms with van der Waals surface area (Å²) in [6.07, 6.45) is 5.13. The Balaban J connectivity index is 2.85. The molecule has 0 spiro atoms. The fourth-order valence-corrected chi connectivity index (χ4v) is 2.46. The maximum absolute atomic E-state index is 6.06. The zero-order valence-electron chi connectivity index (χ0n) is 10.2. The smallest absolute Gasteiger partial charge is 0.0410 e. The lowest BCUT2D eigenvalue weighted by Gasteiger charge is -2.20. The standard InChI is InChI=1S/C14H19BrClN/c1-3-5-6-14(17-9-4-2)12-10-11(16)7-8-13(12)15/h3,7-8,10,14,17H,1,4-6,9H2,2H3. The van der Waals surface area contributed by atoms with Crippen molar-refractivity contribution in [3.05, 3.63) is 45.9 Å². The van der Waals surface area contributed by atoms with Gasteiger partial charge in [0.1, 0.15) is 0 Å². The molecule has 1 N–H and O–H groups in total. The summed E-state index contributed by atoms with van der Waals surface area (Å²) in [6, 6.07) is 6.27. The van der Waals surface area contributed by atoms with E-state index in [2.05, 4.69) is 34.7 Å². The third-order valence-electron chi connectivity index (χ3n) is 2.63. The Morgan fingerprint density at radius 3 is 2.94 bits per heavy atom. The molecule has 1 nitrogen and oxygen atoms in total. The van der Waals surface area contributed by atoms with E-state index in [0.29, 0.717) is 6.04 Å². The first kappa shape index (κ1) is 14.7. The fourth-order valence-electron chi connectivity index (χ4n) is 1.75. The van der Waals surface area contributed by atoms with Crippen LogP contribution in [0, 0.1) is 0 Å². The molecular weight excluding hydrogens is 298 g/mol. The van der Waals surface area contributed by atoms with Gasteiger partial charge in [-0.05, 0) is 49.6 Å². The molecule has 0 saturated heterocycles. The number of hydrogen-bond donors (Lipinski definition) is 1. The summed E-state index contributed by atoms with van der Waals surface area (Å²) < 4.78 is 1.11. The lowest BCUT2D eigenvalue weighted by Crippen LogP contribution is -2.22. The summed E-state index contributed by atoms with van der Waals surface area (Å²) in [7, 11) is 0. The molecule has 1 rings (SSSR count). The summed E-state index contributed by atoms with van der Waals surface area (Å²) in [4.78, 5) is 0. The average Bonchev–Trinajstić information content (AvgIpc) is 2.33. The van der Waals surface area contributed by atoms with Gasteiger partial charge >= 0.3 is 0 Å². The Bertz CT molecular complexity index is 365. The predicted octanol–water partition coefficient (Wildman–Crippen LogP) is 5.11. The van der Waals surface area contributed by atoms with Crippen LogP contribution >= 0.6 is 27.5 Å². The number of hydrogen-bond acceptors (Lipinski definition) is 1. The predicted molar refractivity (Wildman–Crippen MR) is 79.6 cm³/mol. The summed E-state index contributed by atoms with van der Waals surface area (Å²) >= 11 is 9.65. The Kier molecular flexibility index (Phi) is 6.86. The molecule has 0 fully saturated rings. The SMILES string of the molecule is C=CCCC(NCCC)c1cc(Cl)ccc1Br. The monoisotopic (exact) mass is 315 g/mol. The van der Waals surface area contributed by atoms with Crippen LogP contribution in [0.3, 0.4) is 0 Å². The van der Waals surface area contributed by atoms with Crippen molar-refractivity contribution in [1.82, 2.24) is 5.32 Å². The van der Waals surface area contributed by atoms with Gasteiger partial charge in [0.05, 0.1) is 0 Å². The van der Waals surface area contributed by atoms with E-state index in [1.54, 1.807) is 0 Å². The van der Waals surface area contributed by atoms with Gasteiger partial charge in [0.25, 0.3) is 0 Å². The second kappa shape index (κ2) is 7.91. The normalized spacial score (nSPS) is 12.4. The largest absolute Gasteiger partial charge is 0.310 e. The minimum atomic E-state index is 0.334. The third kappa shape index (κ3) is 4.82. The molecule has 0 aliphatic rings. The number of allylic oxidation sites excluding steroid dienone is 1. The van der Waals surface area contributed by atoms with Gasteiger partial charge in [-0.2, -0.15) is 0 Å². The van der Waals surface area contributed by atoms with Gasteiger partial charge in [0.2, 0.25) is 0 Å². The maximum atomic E-state index is 6.06. The van der Waals surface area contributed by atoms with Crippen LogP contribution in [0.15, 0.2) is 35.3 Å². The minimum absolute atomic E-state index is 0.334. The van der Waals surface area contributed by atoms with Crippen LogP contribution in [0.4, 0.5) is 0 Å². The Hall–Kier alpha value is -0.310. The zero-order valence-corrected chi connectivity index (χ0v) is 12.5. The summed E-state index contributed by atoms with van der Waals surface area (Å²) in [6.45, 7) is 6.97. The van der Waals surface area contributed by atoms with Crippen molar-refractivity contribution in [1.29, 1.82) is 0 Å². The van der Waals surface area contributed by atoms with E-state index < -0.39 is 0 Å². The van der Waals surface area contributed by atoms with E-state index >= 15 is 0 Å². The molecule has 1 aromatic rings. The van der Waals surface area contributed by atoms with Crippen molar-refractivity contribution in [2.24, 2.45) is 0 Å². The Labute approximate surface area is 117 Å². The molecule has 0 amide bonds. The van der Waals surface area contributed by atoms with Crippen LogP contribution in [0.2, 0.25) is 5.02 Å². The second-order valence-electron chi connectivity index (χ2n) is 4.04. The second-order valence-corrected chi connectivity index (χ2v) is 5.33. The Morgan fingerprint density at radius 1 is 1.53 bits per heavy atom. The maximum Gasteiger partial charge on any atom is 0.0410 e. The van der Waals surface area contributed by atoms with Crippen molar-refractivity contribution >= 4 is 27.5 Å². The van der Waals surface area contributed by atoms with Crippen molar-refractivity contribution < 1.29 is 0 Å². The first-order valence-electron chi connectivity index (χ1n) is 5.98. The lowest BCUT2D eigenvalue weighted by atomic mass is 10.0. The number of halogens is 2. The summed E-state index contributed by atoms with van der Waals surface area (Å²) in [5.41, 5.74) is 1.23. The molecule has 0 aromatic heterocycles. The van der Waals surface area contributed by atoms with E-state index in [0.717, 1.165) is 35.3 Å². The van der Waals surface area contributed by atoms with Crippen LogP contribution in [-0.4, -0.2) is 6.54 Å². The van der Waals surface area contributed by atoms with Gasteiger partial charge in [0, 0.05) is 15.5 Å². The Morgan fingerprint density at radius 2 is 2.29 bits per heavy atom. The highest BCUT2D eigenvalue weighted by atomic mass is 79.9. The quantitative estimate of drug-likeness (QED) is 0.689. The summed E-state index contributed by atoms with van der Waals surface area (Å²) in [5, 5.41) is 4.33. The molecule has 0 bridgehead atoms. The van der Waals surface area contributed by atoms with Gasteiger partial charge in [-0.3, -0.25) is 0 Å². The van der Waals surface area contributed by atoms with E-state index in [1.807, 2.05) is 24.3 Å². The molecule has 3 heteroatoms. The molecular formula is C14H19BrClN. The topological polar surface area (TPSA) is 12.0 Å². The highest BCUT2D eigenvalue weighted by molar-refractivity contribution is 9.10. The summed E-state index contributed by atoms with van der Waals surface area (Å²) in [5.74, 6) is 0. The van der Waals surface area contributed by atoms with Crippen LogP contribution in [-0.2, 0) is 0 Å². The molecule has 0 heterocycles. The van der Waals surface area contributed by atoms with E-state index in [-0.39, 0.29) is 0 Å². The van der Waals surface area contributed by atoms with Crippen molar-refractivity contribution in [2.75, 3.05) is 6.54 Å². The van der Waals surface area contributed by atoms with Gasteiger partial charge in [0.15, 0.2) is 0 Å². The molecule has 0 aliphatic carbocycles. The number of rotatable bonds is 7. The highest BCUT2D eigenvalue weighted by Crippen LogP contribution is 2.29. The molecule has 1 atom stereocenters. The van der Waals surface area contributed by atoms with Crippen LogP contribution in [0.5, 0.6) is 0 Å². The minimum Gasteiger partial charge on any atom is -0.310 e. The van der Waals surface area contributed by atoms with Crippen molar-refractivity contribution in [3.8, 4) is 0 Å². The van der Waals surface area contributed by atoms with Gasteiger partial charge in [-0.25, -0.2) is 0 Å². The van der Waals surface area contributed by atoms with E-state index in [9.17, 15) is 0 Å². The highest BCUT2D eigenvalue weighted by Gasteiger charge is 2.13. The molecule has 1 unspecified atom stereocenters. The van der Waals surface area contributed by atoms with Crippen LogP contribution < -0.4 is 5.32 Å². The molecule has 0 saturated carbocycles. The molecule has 17 heavy (non-hydrogen) atoms. The van der Waals surface area contributed by atoms with Crippen LogP contribution in [0.25, 0.3) is 0 Å². The average molecular weight is 317 g/mol. The van der Waals surface area contributed by atoms with Crippen molar-refractivity contribution in [3.63, 3.8) is 0 Å². The third-order valence-corrected chi connectivity index (χ3v) is 3.59. The van der Waals surface area contributed by atoms with E-state index in [1.165, 1.54) is 5.56 Å². The van der Waals surface area contributed by atoms with Crippen molar-refractivity contribution in [2.45, 2.75) is 32.2 Å². The molecule has 1 aromatic carbocycles. The van der Waals surface area contributed by atoms with Gasteiger partial charge in [-0.15, -0.1) is 6.58 Å². The first-order chi connectivity index (χ1) is 8.19. The number of benzene rings is 1. The number of nitrogens with one attached hydrogen (secondary N) is 1. The lowest BCUT2D eigenvalue weighted by molar-refractivity contribution is 0.501. The molecule has 0 radical (unpaired) electrons. The van der Waals surface area contributed by atoms with Crippen LogP contribution in [0.1, 0.15) is 37.8 Å².